The van der Waals surface area contributed by atoms with Gasteiger partial charge in [-0.3, -0.25) is 4.79 Å². The predicted octanol–water partition coefficient (Wildman–Crippen LogP) is 4.34. The highest BCUT2D eigenvalue weighted by Crippen LogP contribution is 2.24. The SMILES string of the molecule is CSc1ccc(CSCC(=O)N[C@@H]2CCCC[C@@H]2C)cc1. The van der Waals surface area contributed by atoms with Gasteiger partial charge in [0.15, 0.2) is 0 Å². The van der Waals surface area contributed by atoms with E-state index < -0.39 is 0 Å². The van der Waals surface area contributed by atoms with E-state index in [4.69, 9.17) is 0 Å². The summed E-state index contributed by atoms with van der Waals surface area (Å²) in [6.07, 6.45) is 7.05. The zero-order valence-electron chi connectivity index (χ0n) is 12.9. The number of amides is 1. The summed E-state index contributed by atoms with van der Waals surface area (Å²) in [5.41, 5.74) is 1.29. The summed E-state index contributed by atoms with van der Waals surface area (Å²) in [5.74, 6) is 2.29. The molecule has 21 heavy (non-hydrogen) atoms. The number of benzene rings is 1. The Bertz CT molecular complexity index is 447. The van der Waals surface area contributed by atoms with Crippen LogP contribution in [0.3, 0.4) is 0 Å². The van der Waals surface area contributed by atoms with E-state index in [2.05, 4.69) is 42.8 Å². The maximum Gasteiger partial charge on any atom is 0.230 e. The van der Waals surface area contributed by atoms with E-state index in [0.29, 0.717) is 17.7 Å². The topological polar surface area (TPSA) is 29.1 Å². The molecule has 1 aliphatic rings. The van der Waals surface area contributed by atoms with Gasteiger partial charge in [0, 0.05) is 16.7 Å². The fourth-order valence-corrected chi connectivity index (χ4v) is 3.97. The van der Waals surface area contributed by atoms with Gasteiger partial charge in [0.2, 0.25) is 5.91 Å². The summed E-state index contributed by atoms with van der Waals surface area (Å²) >= 11 is 3.45. The molecule has 4 heteroatoms. The summed E-state index contributed by atoms with van der Waals surface area (Å²) in [5, 5.41) is 3.21. The van der Waals surface area contributed by atoms with Crippen LogP contribution in [-0.4, -0.2) is 24.0 Å². The van der Waals surface area contributed by atoms with Crippen LogP contribution in [0.2, 0.25) is 0 Å². The van der Waals surface area contributed by atoms with Gasteiger partial charge in [-0.05, 0) is 42.7 Å². The van der Waals surface area contributed by atoms with Crippen molar-refractivity contribution >= 4 is 29.4 Å². The third kappa shape index (κ3) is 5.59. The monoisotopic (exact) mass is 323 g/mol. The lowest BCUT2D eigenvalue weighted by atomic mass is 9.86. The van der Waals surface area contributed by atoms with Crippen LogP contribution < -0.4 is 5.32 Å². The Balaban J connectivity index is 1.68. The fraction of sp³-hybridized carbons (Fsp3) is 0.588. The molecule has 2 rings (SSSR count). The normalized spacial score (nSPS) is 22.0. The highest BCUT2D eigenvalue weighted by atomic mass is 32.2. The van der Waals surface area contributed by atoms with Crippen LogP contribution in [-0.2, 0) is 10.5 Å². The molecule has 1 saturated carbocycles. The van der Waals surface area contributed by atoms with E-state index in [1.807, 2.05) is 0 Å². The van der Waals surface area contributed by atoms with E-state index in [0.717, 1.165) is 12.2 Å². The Morgan fingerprint density at radius 3 is 2.62 bits per heavy atom. The largest absolute Gasteiger partial charge is 0.352 e. The minimum absolute atomic E-state index is 0.194. The van der Waals surface area contributed by atoms with Crippen molar-refractivity contribution in [1.29, 1.82) is 0 Å². The number of carbonyl (C=O) groups is 1. The molecule has 1 aliphatic carbocycles. The summed E-state index contributed by atoms with van der Waals surface area (Å²) < 4.78 is 0. The van der Waals surface area contributed by atoms with Gasteiger partial charge < -0.3 is 5.32 Å². The Hall–Kier alpha value is -0.610. The van der Waals surface area contributed by atoms with E-state index in [1.54, 1.807) is 23.5 Å². The highest BCUT2D eigenvalue weighted by molar-refractivity contribution is 7.99. The zero-order valence-corrected chi connectivity index (χ0v) is 14.6. The maximum absolute atomic E-state index is 12.0. The van der Waals surface area contributed by atoms with Crippen molar-refractivity contribution in [3.8, 4) is 0 Å². The molecule has 0 saturated heterocycles. The van der Waals surface area contributed by atoms with E-state index in [1.165, 1.54) is 29.7 Å². The lowest BCUT2D eigenvalue weighted by Gasteiger charge is -2.29. The molecule has 0 aromatic heterocycles. The second kappa shape index (κ2) is 8.74. The van der Waals surface area contributed by atoms with Crippen molar-refractivity contribution in [3.63, 3.8) is 0 Å². The second-order valence-electron chi connectivity index (χ2n) is 5.78. The number of hydrogen-bond donors (Lipinski definition) is 1. The van der Waals surface area contributed by atoms with Crippen LogP contribution in [0.4, 0.5) is 0 Å². The van der Waals surface area contributed by atoms with Crippen molar-refractivity contribution in [1.82, 2.24) is 5.32 Å². The molecule has 0 heterocycles. The summed E-state index contributed by atoms with van der Waals surface area (Å²) in [4.78, 5) is 13.3. The molecule has 1 aromatic carbocycles. The molecule has 2 atom stereocenters. The van der Waals surface area contributed by atoms with E-state index in [9.17, 15) is 4.79 Å². The molecule has 0 aliphatic heterocycles. The molecule has 0 unspecified atom stereocenters. The number of hydrogen-bond acceptors (Lipinski definition) is 3. The Morgan fingerprint density at radius 2 is 1.95 bits per heavy atom. The first kappa shape index (κ1) is 16.8. The molecule has 1 fully saturated rings. The van der Waals surface area contributed by atoms with Gasteiger partial charge in [0.05, 0.1) is 5.75 Å². The van der Waals surface area contributed by atoms with Gasteiger partial charge in [-0.1, -0.05) is 31.9 Å². The van der Waals surface area contributed by atoms with E-state index >= 15 is 0 Å². The summed E-state index contributed by atoms with van der Waals surface area (Å²) in [6, 6.07) is 8.99. The molecule has 1 N–H and O–H groups in total. The van der Waals surface area contributed by atoms with Crippen LogP contribution in [0, 0.1) is 5.92 Å². The third-order valence-corrected chi connectivity index (χ3v) is 5.87. The van der Waals surface area contributed by atoms with Gasteiger partial charge in [-0.15, -0.1) is 23.5 Å². The van der Waals surface area contributed by atoms with Crippen LogP contribution in [0.5, 0.6) is 0 Å². The van der Waals surface area contributed by atoms with Crippen molar-refractivity contribution in [3.05, 3.63) is 29.8 Å². The highest BCUT2D eigenvalue weighted by Gasteiger charge is 2.22. The van der Waals surface area contributed by atoms with Crippen molar-refractivity contribution < 1.29 is 4.79 Å². The number of nitrogens with one attached hydrogen (secondary N) is 1. The summed E-state index contributed by atoms with van der Waals surface area (Å²) in [6.45, 7) is 2.25. The quantitative estimate of drug-likeness (QED) is 0.790. The molecule has 1 aromatic rings. The van der Waals surface area contributed by atoms with Gasteiger partial charge in [-0.25, -0.2) is 0 Å². The lowest BCUT2D eigenvalue weighted by molar-refractivity contribution is -0.119. The lowest BCUT2D eigenvalue weighted by Crippen LogP contribution is -2.41. The van der Waals surface area contributed by atoms with Crippen molar-refractivity contribution in [2.24, 2.45) is 5.92 Å². The molecule has 0 bridgehead atoms. The minimum atomic E-state index is 0.194. The van der Waals surface area contributed by atoms with Gasteiger partial charge in [0.1, 0.15) is 0 Å². The Morgan fingerprint density at radius 1 is 1.24 bits per heavy atom. The first-order valence-electron chi connectivity index (χ1n) is 7.69. The first-order chi connectivity index (χ1) is 10.2. The van der Waals surface area contributed by atoms with Crippen molar-refractivity contribution in [2.45, 2.75) is 49.3 Å². The predicted molar refractivity (Wildman–Crippen MR) is 93.9 cm³/mol. The average molecular weight is 324 g/mol. The molecular weight excluding hydrogens is 298 g/mol. The van der Waals surface area contributed by atoms with E-state index in [-0.39, 0.29) is 5.91 Å². The Kier molecular flexibility index (Phi) is 6.97. The van der Waals surface area contributed by atoms with Gasteiger partial charge in [-0.2, -0.15) is 0 Å². The molecule has 0 radical (unpaired) electrons. The van der Waals surface area contributed by atoms with Crippen LogP contribution in [0.15, 0.2) is 29.2 Å². The van der Waals surface area contributed by atoms with Gasteiger partial charge >= 0.3 is 0 Å². The molecule has 1 amide bonds. The second-order valence-corrected chi connectivity index (χ2v) is 7.64. The summed E-state index contributed by atoms with van der Waals surface area (Å²) in [7, 11) is 0. The van der Waals surface area contributed by atoms with Gasteiger partial charge in [0.25, 0.3) is 0 Å². The third-order valence-electron chi connectivity index (χ3n) is 4.12. The molecule has 116 valence electrons. The van der Waals surface area contributed by atoms with Crippen LogP contribution >= 0.6 is 23.5 Å². The van der Waals surface area contributed by atoms with Crippen molar-refractivity contribution in [2.75, 3.05) is 12.0 Å². The molecular formula is C17H25NOS2. The molecule has 2 nitrogen and oxygen atoms in total. The fourth-order valence-electron chi connectivity index (χ4n) is 2.76. The zero-order chi connectivity index (χ0) is 15.1. The maximum atomic E-state index is 12.0. The molecule has 0 spiro atoms. The Labute approximate surface area is 136 Å². The van der Waals surface area contributed by atoms with Crippen LogP contribution in [0.1, 0.15) is 38.2 Å². The smallest absolute Gasteiger partial charge is 0.230 e. The first-order valence-corrected chi connectivity index (χ1v) is 10.1. The number of rotatable bonds is 6. The number of thioether (sulfide) groups is 2. The standard InChI is InChI=1S/C17H25NOS2/c1-13-5-3-4-6-16(13)18-17(19)12-21-11-14-7-9-15(20-2)10-8-14/h7-10,13,16H,3-6,11-12H2,1-2H3,(H,18,19)/t13-,16+/m0/s1. The average Bonchev–Trinajstić information content (AvgIpc) is 2.50. The minimum Gasteiger partial charge on any atom is -0.352 e. The number of carbonyl (C=O) groups excluding carboxylic acids is 1. The van der Waals surface area contributed by atoms with Crippen LogP contribution in [0.25, 0.3) is 0 Å².